The lowest BCUT2D eigenvalue weighted by Crippen LogP contribution is -2.51. The topological polar surface area (TPSA) is 32.3 Å². The molecule has 2 saturated heterocycles. The molecule has 1 amide bonds. The van der Waals surface area contributed by atoms with E-state index in [-0.39, 0.29) is 11.3 Å². The molecule has 3 unspecified atom stereocenters. The van der Waals surface area contributed by atoms with Gasteiger partial charge in [0.2, 0.25) is 5.91 Å². The molecule has 1 N–H and O–H groups in total. The lowest BCUT2D eigenvalue weighted by Gasteiger charge is -2.40. The quantitative estimate of drug-likeness (QED) is 0.772. The molecule has 2 aliphatic heterocycles. The van der Waals surface area contributed by atoms with Gasteiger partial charge in [0.25, 0.3) is 0 Å². The van der Waals surface area contributed by atoms with Gasteiger partial charge in [0.05, 0.1) is 0 Å². The molecule has 0 aromatic carbocycles. The van der Waals surface area contributed by atoms with Gasteiger partial charge in [-0.2, -0.15) is 0 Å². The van der Waals surface area contributed by atoms with E-state index < -0.39 is 0 Å². The summed E-state index contributed by atoms with van der Waals surface area (Å²) in [6.07, 6.45) is 6.04. The first kappa shape index (κ1) is 12.5. The minimum absolute atomic E-state index is 0.218. The zero-order valence-corrected chi connectivity index (χ0v) is 11.7. The smallest absolute Gasteiger partial charge is 0.226 e. The number of carbonyl (C=O) groups excluding carboxylic acids is 1. The molecule has 18 heavy (non-hydrogen) atoms. The maximum atomic E-state index is 12.9. The highest BCUT2D eigenvalue weighted by molar-refractivity contribution is 5.80. The second-order valence-corrected chi connectivity index (χ2v) is 7.09. The molecule has 3 aliphatic rings. The van der Waals surface area contributed by atoms with Crippen molar-refractivity contribution in [1.29, 1.82) is 0 Å². The number of likely N-dealkylation sites (tertiary alicyclic amines) is 1. The summed E-state index contributed by atoms with van der Waals surface area (Å²) in [5, 5.41) is 3.47. The highest BCUT2D eigenvalue weighted by Crippen LogP contribution is 2.44. The summed E-state index contributed by atoms with van der Waals surface area (Å²) in [6.45, 7) is 7.67. The van der Waals surface area contributed by atoms with Gasteiger partial charge in [-0.1, -0.05) is 20.3 Å². The lowest BCUT2D eigenvalue weighted by atomic mass is 9.80. The monoisotopic (exact) mass is 250 g/mol. The van der Waals surface area contributed by atoms with E-state index in [4.69, 9.17) is 0 Å². The molecule has 0 radical (unpaired) electrons. The Bertz CT molecular complexity index is 339. The Kier molecular flexibility index (Phi) is 3.13. The van der Waals surface area contributed by atoms with Crippen molar-refractivity contribution in [3.8, 4) is 0 Å². The molecule has 1 aliphatic carbocycles. The van der Waals surface area contributed by atoms with Crippen LogP contribution < -0.4 is 5.32 Å². The van der Waals surface area contributed by atoms with Gasteiger partial charge in [-0.3, -0.25) is 4.79 Å². The number of nitrogens with one attached hydrogen (secondary N) is 1. The van der Waals surface area contributed by atoms with Crippen LogP contribution in [0, 0.1) is 17.3 Å². The van der Waals surface area contributed by atoms with Gasteiger partial charge in [0.15, 0.2) is 0 Å². The maximum absolute atomic E-state index is 12.9. The van der Waals surface area contributed by atoms with E-state index in [0.717, 1.165) is 26.1 Å². The molecular weight excluding hydrogens is 224 g/mol. The van der Waals surface area contributed by atoms with E-state index >= 15 is 0 Å². The molecule has 3 rings (SSSR count). The molecule has 3 fully saturated rings. The van der Waals surface area contributed by atoms with Crippen LogP contribution >= 0.6 is 0 Å². The Morgan fingerprint density at radius 3 is 2.78 bits per heavy atom. The molecular formula is C15H26N2O. The van der Waals surface area contributed by atoms with Crippen LogP contribution in [-0.2, 0) is 4.79 Å². The number of nitrogens with zero attached hydrogens (tertiary/aromatic N) is 1. The third kappa shape index (κ3) is 1.97. The first-order valence-electron chi connectivity index (χ1n) is 7.61. The average molecular weight is 250 g/mol. The summed E-state index contributed by atoms with van der Waals surface area (Å²) in [5.41, 5.74) is 0.218. The van der Waals surface area contributed by atoms with Gasteiger partial charge in [-0.15, -0.1) is 0 Å². The van der Waals surface area contributed by atoms with Gasteiger partial charge in [-0.25, -0.2) is 0 Å². The first-order chi connectivity index (χ1) is 8.59. The summed E-state index contributed by atoms with van der Waals surface area (Å²) in [5.74, 6) is 1.44. The number of carbonyl (C=O) groups is 1. The molecule has 102 valence electrons. The third-order valence-electron chi connectivity index (χ3n) is 5.52. The number of rotatable bonds is 1. The van der Waals surface area contributed by atoms with Crippen LogP contribution in [-0.4, -0.2) is 36.5 Å². The number of amides is 1. The standard InChI is InChI=1S/C15H26N2O/c1-15(2)7-3-6-12(15)14(18)17-8-4-5-11-9-16-10-13(11)17/h11-13,16H,3-10H2,1-2H3. The van der Waals surface area contributed by atoms with E-state index in [9.17, 15) is 4.79 Å². The molecule has 3 heteroatoms. The van der Waals surface area contributed by atoms with Gasteiger partial charge in [0, 0.05) is 31.6 Å². The fourth-order valence-electron chi connectivity index (χ4n) is 4.33. The van der Waals surface area contributed by atoms with Crippen molar-refractivity contribution in [3.63, 3.8) is 0 Å². The highest BCUT2D eigenvalue weighted by Gasteiger charge is 2.45. The van der Waals surface area contributed by atoms with Crippen LogP contribution in [0.1, 0.15) is 46.0 Å². The normalized spacial score (nSPS) is 38.8. The van der Waals surface area contributed by atoms with Crippen LogP contribution in [0.25, 0.3) is 0 Å². The maximum Gasteiger partial charge on any atom is 0.226 e. The number of fused-ring (bicyclic) bond motifs is 1. The fraction of sp³-hybridized carbons (Fsp3) is 0.933. The van der Waals surface area contributed by atoms with Crippen molar-refractivity contribution in [2.45, 2.75) is 52.0 Å². The van der Waals surface area contributed by atoms with E-state index in [0.29, 0.717) is 17.9 Å². The van der Waals surface area contributed by atoms with Crippen LogP contribution in [0.15, 0.2) is 0 Å². The van der Waals surface area contributed by atoms with Crippen molar-refractivity contribution in [3.05, 3.63) is 0 Å². The largest absolute Gasteiger partial charge is 0.338 e. The summed E-state index contributed by atoms with van der Waals surface area (Å²) >= 11 is 0. The van der Waals surface area contributed by atoms with E-state index in [2.05, 4.69) is 24.1 Å². The van der Waals surface area contributed by atoms with Gasteiger partial charge >= 0.3 is 0 Å². The Balaban J connectivity index is 1.75. The van der Waals surface area contributed by atoms with Crippen LogP contribution in [0.4, 0.5) is 0 Å². The van der Waals surface area contributed by atoms with Crippen molar-refractivity contribution in [2.24, 2.45) is 17.3 Å². The predicted molar refractivity (Wildman–Crippen MR) is 72.2 cm³/mol. The molecule has 0 spiro atoms. The lowest BCUT2D eigenvalue weighted by molar-refractivity contribution is -0.142. The highest BCUT2D eigenvalue weighted by atomic mass is 16.2. The zero-order chi connectivity index (χ0) is 12.8. The predicted octanol–water partition coefficient (Wildman–Crippen LogP) is 2.02. The van der Waals surface area contributed by atoms with Gasteiger partial charge in [0.1, 0.15) is 0 Å². The second-order valence-electron chi connectivity index (χ2n) is 7.09. The molecule has 2 heterocycles. The number of piperidine rings is 1. The van der Waals surface area contributed by atoms with Crippen molar-refractivity contribution >= 4 is 5.91 Å². The van der Waals surface area contributed by atoms with Crippen molar-refractivity contribution in [2.75, 3.05) is 19.6 Å². The Labute approximate surface area is 110 Å². The fourth-order valence-corrected chi connectivity index (χ4v) is 4.33. The van der Waals surface area contributed by atoms with E-state index in [1.165, 1.54) is 25.7 Å². The van der Waals surface area contributed by atoms with Crippen LogP contribution in [0.3, 0.4) is 0 Å². The summed E-state index contributed by atoms with van der Waals surface area (Å²) in [6, 6.07) is 0.489. The van der Waals surface area contributed by atoms with Crippen molar-refractivity contribution < 1.29 is 4.79 Å². The third-order valence-corrected chi connectivity index (χ3v) is 5.52. The SMILES string of the molecule is CC1(C)CCCC1C(=O)N1CCCC2CNCC21. The van der Waals surface area contributed by atoms with Crippen LogP contribution in [0.2, 0.25) is 0 Å². The zero-order valence-electron chi connectivity index (χ0n) is 11.7. The average Bonchev–Trinajstić information content (AvgIpc) is 2.93. The summed E-state index contributed by atoms with van der Waals surface area (Å²) < 4.78 is 0. The molecule has 3 nitrogen and oxygen atoms in total. The van der Waals surface area contributed by atoms with E-state index in [1.807, 2.05) is 0 Å². The van der Waals surface area contributed by atoms with Gasteiger partial charge < -0.3 is 10.2 Å². The molecule has 3 atom stereocenters. The second kappa shape index (κ2) is 4.52. The molecule has 0 aromatic heterocycles. The minimum Gasteiger partial charge on any atom is -0.338 e. The molecule has 1 saturated carbocycles. The summed E-state index contributed by atoms with van der Waals surface area (Å²) in [4.78, 5) is 15.1. The Morgan fingerprint density at radius 2 is 2.06 bits per heavy atom. The molecule has 0 bridgehead atoms. The van der Waals surface area contributed by atoms with Crippen LogP contribution in [0.5, 0.6) is 0 Å². The van der Waals surface area contributed by atoms with Crippen molar-refractivity contribution in [1.82, 2.24) is 10.2 Å². The number of hydrogen-bond acceptors (Lipinski definition) is 2. The van der Waals surface area contributed by atoms with Gasteiger partial charge in [-0.05, 0) is 37.0 Å². The Morgan fingerprint density at radius 1 is 1.22 bits per heavy atom. The van der Waals surface area contributed by atoms with E-state index in [1.54, 1.807) is 0 Å². The number of hydrogen-bond donors (Lipinski definition) is 1. The Hall–Kier alpha value is -0.570. The summed E-state index contributed by atoms with van der Waals surface area (Å²) in [7, 11) is 0. The molecule has 0 aromatic rings. The minimum atomic E-state index is 0.218. The first-order valence-corrected chi connectivity index (χ1v) is 7.61.